The van der Waals surface area contributed by atoms with Crippen LogP contribution < -0.4 is 5.32 Å². The van der Waals surface area contributed by atoms with Crippen LogP contribution in [0.2, 0.25) is 0 Å². The van der Waals surface area contributed by atoms with E-state index in [1.54, 1.807) is 0 Å². The number of hydrogen-bond donors (Lipinski definition) is 1. The van der Waals surface area contributed by atoms with Crippen molar-refractivity contribution in [1.29, 1.82) is 0 Å². The van der Waals surface area contributed by atoms with Crippen LogP contribution in [-0.4, -0.2) is 12.6 Å². The summed E-state index contributed by atoms with van der Waals surface area (Å²) in [5.74, 6) is 4.32. The first kappa shape index (κ1) is 8.28. The summed E-state index contributed by atoms with van der Waals surface area (Å²) in [5.41, 5.74) is 0. The van der Waals surface area contributed by atoms with Gasteiger partial charge in [0, 0.05) is 6.04 Å². The Labute approximate surface area is 81.3 Å². The normalized spacial score (nSPS) is 53.8. The predicted octanol–water partition coefficient (Wildman–Crippen LogP) is 2.42. The van der Waals surface area contributed by atoms with Crippen LogP contribution in [0.4, 0.5) is 0 Å². The molecule has 1 heteroatoms. The molecule has 5 atom stereocenters. The van der Waals surface area contributed by atoms with Gasteiger partial charge in [-0.3, -0.25) is 0 Å². The molecule has 3 rings (SSSR count). The first-order chi connectivity index (χ1) is 6.40. The summed E-state index contributed by atoms with van der Waals surface area (Å²) in [4.78, 5) is 0. The van der Waals surface area contributed by atoms with Gasteiger partial charge in [0.25, 0.3) is 0 Å². The molecule has 2 saturated carbocycles. The van der Waals surface area contributed by atoms with Crippen LogP contribution in [0.3, 0.4) is 0 Å². The Morgan fingerprint density at radius 3 is 3.08 bits per heavy atom. The second kappa shape index (κ2) is 2.98. The highest BCUT2D eigenvalue weighted by molar-refractivity contribution is 5.03. The van der Waals surface area contributed by atoms with Crippen molar-refractivity contribution in [2.75, 3.05) is 6.54 Å². The smallest absolute Gasteiger partial charge is 0.0101 e. The highest BCUT2D eigenvalue weighted by atomic mass is 15.0. The Morgan fingerprint density at radius 2 is 2.23 bits per heavy atom. The van der Waals surface area contributed by atoms with Crippen LogP contribution in [0.15, 0.2) is 0 Å². The van der Waals surface area contributed by atoms with Crippen LogP contribution in [-0.2, 0) is 0 Å². The predicted molar refractivity (Wildman–Crippen MR) is 54.5 cm³/mol. The minimum atomic E-state index is 0.917. The van der Waals surface area contributed by atoms with Crippen molar-refractivity contribution in [3.63, 3.8) is 0 Å². The Kier molecular flexibility index (Phi) is 1.90. The largest absolute Gasteiger partial charge is 0.313 e. The molecule has 3 fully saturated rings. The third-order valence-electron chi connectivity index (χ3n) is 4.93. The molecule has 1 nitrogen and oxygen atoms in total. The van der Waals surface area contributed by atoms with Gasteiger partial charge in [-0.1, -0.05) is 19.8 Å². The van der Waals surface area contributed by atoms with E-state index in [4.69, 9.17) is 0 Å². The third kappa shape index (κ3) is 1.09. The fourth-order valence-electron chi connectivity index (χ4n) is 4.44. The summed E-state index contributed by atoms with van der Waals surface area (Å²) in [6.45, 7) is 3.73. The van der Waals surface area contributed by atoms with E-state index in [9.17, 15) is 0 Å². The highest BCUT2D eigenvalue weighted by Crippen LogP contribution is 2.52. The summed E-state index contributed by atoms with van der Waals surface area (Å²) in [7, 11) is 0. The lowest BCUT2D eigenvalue weighted by molar-refractivity contribution is 0.193. The average molecular weight is 179 g/mol. The minimum absolute atomic E-state index is 0.917. The van der Waals surface area contributed by atoms with Gasteiger partial charge in [-0.25, -0.2) is 0 Å². The van der Waals surface area contributed by atoms with E-state index in [1.165, 1.54) is 38.6 Å². The molecule has 3 aliphatic rings. The summed E-state index contributed by atoms with van der Waals surface area (Å²) in [6, 6.07) is 0.917. The summed E-state index contributed by atoms with van der Waals surface area (Å²) in [5, 5.41) is 3.73. The van der Waals surface area contributed by atoms with E-state index in [2.05, 4.69) is 12.2 Å². The molecule has 1 saturated heterocycles. The third-order valence-corrected chi connectivity index (χ3v) is 4.93. The topological polar surface area (TPSA) is 12.0 Å². The van der Waals surface area contributed by atoms with Crippen molar-refractivity contribution in [2.45, 2.75) is 45.1 Å². The maximum Gasteiger partial charge on any atom is 0.0101 e. The lowest BCUT2D eigenvalue weighted by Crippen LogP contribution is -2.35. The molecule has 0 aromatic rings. The van der Waals surface area contributed by atoms with Crippen molar-refractivity contribution in [3.05, 3.63) is 0 Å². The van der Waals surface area contributed by atoms with E-state index >= 15 is 0 Å². The van der Waals surface area contributed by atoms with Crippen LogP contribution in [0.25, 0.3) is 0 Å². The first-order valence-corrected chi connectivity index (χ1v) is 6.13. The van der Waals surface area contributed by atoms with Crippen LogP contribution >= 0.6 is 0 Å². The zero-order chi connectivity index (χ0) is 8.84. The zero-order valence-electron chi connectivity index (χ0n) is 8.63. The molecule has 1 heterocycles. The van der Waals surface area contributed by atoms with Gasteiger partial charge in [0.1, 0.15) is 0 Å². The number of rotatable bonds is 1. The second-order valence-corrected chi connectivity index (χ2v) is 5.35. The van der Waals surface area contributed by atoms with Crippen molar-refractivity contribution in [1.82, 2.24) is 5.32 Å². The minimum Gasteiger partial charge on any atom is -0.313 e. The van der Waals surface area contributed by atoms with Gasteiger partial charge in [-0.15, -0.1) is 0 Å². The molecule has 0 bridgehead atoms. The molecule has 1 N–H and O–H groups in total. The Bertz CT molecular complexity index is 199. The van der Waals surface area contributed by atoms with Crippen molar-refractivity contribution < 1.29 is 0 Å². The monoisotopic (exact) mass is 179 g/mol. The van der Waals surface area contributed by atoms with E-state index in [0.717, 1.165) is 29.7 Å². The molecule has 0 unspecified atom stereocenters. The SMILES string of the molecule is CC[C@H]1C[C@@H]2CN[C@@H]3CCC[C@H]1[C@H]23. The van der Waals surface area contributed by atoms with Gasteiger partial charge in [0.2, 0.25) is 0 Å². The molecule has 74 valence electrons. The Hall–Kier alpha value is -0.0400. The fraction of sp³-hybridized carbons (Fsp3) is 1.00. The molecule has 2 aliphatic carbocycles. The summed E-state index contributed by atoms with van der Waals surface area (Å²) < 4.78 is 0. The van der Waals surface area contributed by atoms with E-state index in [1.807, 2.05) is 0 Å². The van der Waals surface area contributed by atoms with Crippen molar-refractivity contribution in [2.24, 2.45) is 23.7 Å². The van der Waals surface area contributed by atoms with Crippen LogP contribution in [0, 0.1) is 23.7 Å². The molecule has 13 heavy (non-hydrogen) atoms. The maximum atomic E-state index is 3.73. The molecule has 0 aromatic carbocycles. The average Bonchev–Trinajstić information content (AvgIpc) is 2.72. The Balaban J connectivity index is 1.85. The maximum absolute atomic E-state index is 3.73. The van der Waals surface area contributed by atoms with Crippen molar-refractivity contribution >= 4 is 0 Å². The molecule has 0 aromatic heterocycles. The van der Waals surface area contributed by atoms with Crippen molar-refractivity contribution in [3.8, 4) is 0 Å². The van der Waals surface area contributed by atoms with Gasteiger partial charge in [-0.2, -0.15) is 0 Å². The molecular weight excluding hydrogens is 158 g/mol. The molecule has 0 radical (unpaired) electrons. The molecule has 0 spiro atoms. The van der Waals surface area contributed by atoms with E-state index in [0.29, 0.717) is 0 Å². The van der Waals surface area contributed by atoms with Gasteiger partial charge < -0.3 is 5.32 Å². The van der Waals surface area contributed by atoms with E-state index < -0.39 is 0 Å². The Morgan fingerprint density at radius 1 is 1.31 bits per heavy atom. The first-order valence-electron chi connectivity index (χ1n) is 6.13. The quantitative estimate of drug-likeness (QED) is 0.652. The van der Waals surface area contributed by atoms with E-state index in [-0.39, 0.29) is 0 Å². The standard InChI is InChI=1S/C12H21N/c1-2-8-6-9-7-13-11-5-3-4-10(8)12(9)11/h8-13H,2-7H2,1H3/t8-,9+,10+,11+,12-/m0/s1. The van der Waals surface area contributed by atoms with Gasteiger partial charge in [0.15, 0.2) is 0 Å². The van der Waals surface area contributed by atoms with Gasteiger partial charge >= 0.3 is 0 Å². The van der Waals surface area contributed by atoms with Gasteiger partial charge in [0.05, 0.1) is 0 Å². The second-order valence-electron chi connectivity index (χ2n) is 5.35. The molecular formula is C12H21N. The summed E-state index contributed by atoms with van der Waals surface area (Å²) in [6.07, 6.45) is 7.47. The van der Waals surface area contributed by atoms with Gasteiger partial charge in [-0.05, 0) is 49.5 Å². The molecule has 0 amide bonds. The summed E-state index contributed by atoms with van der Waals surface area (Å²) >= 11 is 0. The molecule has 1 aliphatic heterocycles. The van der Waals surface area contributed by atoms with Crippen LogP contribution in [0.5, 0.6) is 0 Å². The fourth-order valence-corrected chi connectivity index (χ4v) is 4.44. The lowest BCUT2D eigenvalue weighted by Gasteiger charge is -2.33. The number of hydrogen-bond acceptors (Lipinski definition) is 1. The zero-order valence-corrected chi connectivity index (χ0v) is 8.63. The van der Waals surface area contributed by atoms with Crippen LogP contribution in [0.1, 0.15) is 39.0 Å². The highest BCUT2D eigenvalue weighted by Gasteiger charge is 2.50. The lowest BCUT2D eigenvalue weighted by atomic mass is 9.74. The number of nitrogens with one attached hydrogen (secondary N) is 1.